The van der Waals surface area contributed by atoms with Gasteiger partial charge in [0.15, 0.2) is 11.3 Å². The third-order valence-electron chi connectivity index (χ3n) is 3.30. The molecule has 2 atom stereocenters. The van der Waals surface area contributed by atoms with Gasteiger partial charge in [0.2, 0.25) is 0 Å². The molecule has 0 spiro atoms. The Morgan fingerprint density at radius 1 is 1.62 bits per heavy atom. The van der Waals surface area contributed by atoms with Gasteiger partial charge in [-0.05, 0) is 13.3 Å². The molecule has 1 fully saturated rings. The lowest BCUT2D eigenvalue weighted by molar-refractivity contribution is -0.135. The Bertz CT molecular complexity index is 363. The van der Waals surface area contributed by atoms with Crippen LogP contribution in [0.2, 0.25) is 0 Å². The lowest BCUT2D eigenvalue weighted by Crippen LogP contribution is -2.36. The van der Waals surface area contributed by atoms with Gasteiger partial charge in [0.1, 0.15) is 5.78 Å². The van der Waals surface area contributed by atoms with Crippen LogP contribution in [0.4, 0.5) is 0 Å². The largest absolute Gasteiger partial charge is 0.461 e. The van der Waals surface area contributed by atoms with Crippen LogP contribution in [-0.2, 0) is 19.2 Å². The van der Waals surface area contributed by atoms with Crippen molar-refractivity contribution in [2.75, 3.05) is 6.61 Å². The summed E-state index contributed by atoms with van der Waals surface area (Å²) >= 11 is 0. The number of nitrogens with zero attached hydrogens (tertiary/aromatic N) is 1. The molecule has 0 aromatic carbocycles. The highest BCUT2D eigenvalue weighted by atomic mass is 16.7. The fourth-order valence-electron chi connectivity index (χ4n) is 2.41. The van der Waals surface area contributed by atoms with Gasteiger partial charge in [-0.15, -0.1) is 0 Å². The summed E-state index contributed by atoms with van der Waals surface area (Å²) in [4.78, 5) is 28.4. The molecule has 2 aliphatic rings. The monoisotopic (exact) mass is 225 g/mol. The van der Waals surface area contributed by atoms with E-state index in [4.69, 9.17) is 9.57 Å². The van der Waals surface area contributed by atoms with Crippen molar-refractivity contribution in [3.63, 3.8) is 0 Å². The average molecular weight is 225 g/mol. The molecule has 0 bridgehead atoms. The van der Waals surface area contributed by atoms with Gasteiger partial charge >= 0.3 is 5.97 Å². The molecule has 5 heteroatoms. The van der Waals surface area contributed by atoms with Gasteiger partial charge in [-0.1, -0.05) is 12.1 Å². The van der Waals surface area contributed by atoms with E-state index in [0.29, 0.717) is 25.9 Å². The third-order valence-corrected chi connectivity index (χ3v) is 3.30. The highest BCUT2D eigenvalue weighted by Crippen LogP contribution is 2.44. The van der Waals surface area contributed by atoms with Crippen LogP contribution in [0.15, 0.2) is 5.16 Å². The number of Topliss-reactive ketones (excluding diaryl/α,β-unsaturated/α-hetero) is 1. The summed E-state index contributed by atoms with van der Waals surface area (Å²) in [5.41, 5.74) is -0.311. The zero-order valence-electron chi connectivity index (χ0n) is 9.49. The summed E-state index contributed by atoms with van der Waals surface area (Å²) in [6.07, 6.45) is 1.36. The summed E-state index contributed by atoms with van der Waals surface area (Å²) < 4.78 is 4.90. The number of hydrogen-bond donors (Lipinski definition) is 0. The smallest absolute Gasteiger partial charge is 0.356 e. The molecule has 88 valence electrons. The lowest BCUT2D eigenvalue weighted by atomic mass is 9.85. The summed E-state index contributed by atoms with van der Waals surface area (Å²) in [7, 11) is 0. The first-order valence-corrected chi connectivity index (χ1v) is 5.58. The van der Waals surface area contributed by atoms with Crippen molar-refractivity contribution < 1.29 is 19.2 Å². The van der Waals surface area contributed by atoms with E-state index in [2.05, 4.69) is 5.16 Å². The predicted octanol–water partition coefficient (Wildman–Crippen LogP) is 1.06. The molecule has 0 aromatic rings. The van der Waals surface area contributed by atoms with Crippen molar-refractivity contribution in [2.45, 2.75) is 38.7 Å². The van der Waals surface area contributed by atoms with Crippen molar-refractivity contribution in [1.82, 2.24) is 0 Å². The fraction of sp³-hybridized carbons (Fsp3) is 0.727. The summed E-state index contributed by atoms with van der Waals surface area (Å²) in [5.74, 6) is -0.551. The molecule has 0 radical (unpaired) electrons. The Hall–Kier alpha value is -1.39. The summed E-state index contributed by atoms with van der Waals surface area (Å²) in [5, 5.41) is 3.81. The van der Waals surface area contributed by atoms with Gasteiger partial charge in [-0.2, -0.15) is 0 Å². The minimum absolute atomic E-state index is 0.128. The lowest BCUT2D eigenvalue weighted by Gasteiger charge is -2.23. The molecular weight excluding hydrogens is 210 g/mol. The second kappa shape index (κ2) is 3.88. The Morgan fingerprint density at radius 2 is 2.38 bits per heavy atom. The van der Waals surface area contributed by atoms with E-state index in [1.807, 2.05) is 6.92 Å². The predicted molar refractivity (Wildman–Crippen MR) is 55.9 cm³/mol. The first-order valence-electron chi connectivity index (χ1n) is 5.58. The van der Waals surface area contributed by atoms with Crippen LogP contribution in [0.1, 0.15) is 33.1 Å². The standard InChI is InChI=1S/C11H15NO4/c1-3-11-6-7(13)5-8(11)9(12-16-11)10(14)15-4-2/h8H,3-6H2,1-2H3/t8-,11-/m1/s1. The molecule has 1 heterocycles. The fourth-order valence-corrected chi connectivity index (χ4v) is 2.41. The number of carbonyl (C=O) groups excluding carboxylic acids is 2. The van der Waals surface area contributed by atoms with Gasteiger partial charge < -0.3 is 9.57 Å². The van der Waals surface area contributed by atoms with Crippen molar-refractivity contribution >= 4 is 17.5 Å². The van der Waals surface area contributed by atoms with Gasteiger partial charge in [-0.3, -0.25) is 4.79 Å². The van der Waals surface area contributed by atoms with Crippen LogP contribution in [-0.4, -0.2) is 29.7 Å². The van der Waals surface area contributed by atoms with Gasteiger partial charge in [0, 0.05) is 12.8 Å². The number of fused-ring (bicyclic) bond motifs is 1. The number of ketones is 1. The number of esters is 1. The van der Waals surface area contributed by atoms with E-state index in [-0.39, 0.29) is 17.4 Å². The third kappa shape index (κ3) is 1.50. The van der Waals surface area contributed by atoms with Crippen LogP contribution in [0.5, 0.6) is 0 Å². The second-order valence-electron chi connectivity index (χ2n) is 4.18. The Labute approximate surface area is 93.8 Å². The minimum atomic E-state index is -0.584. The average Bonchev–Trinajstić information content (AvgIpc) is 2.72. The van der Waals surface area contributed by atoms with Crippen molar-refractivity contribution in [1.29, 1.82) is 0 Å². The minimum Gasteiger partial charge on any atom is -0.461 e. The molecule has 0 unspecified atom stereocenters. The summed E-state index contributed by atoms with van der Waals surface area (Å²) in [6, 6.07) is 0. The number of carbonyl (C=O) groups is 2. The van der Waals surface area contributed by atoms with Crippen LogP contribution in [0, 0.1) is 5.92 Å². The highest BCUT2D eigenvalue weighted by molar-refractivity contribution is 6.38. The number of oxime groups is 1. The maximum absolute atomic E-state index is 11.6. The molecule has 0 aromatic heterocycles. The van der Waals surface area contributed by atoms with Crippen LogP contribution in [0.25, 0.3) is 0 Å². The quantitative estimate of drug-likeness (QED) is 0.674. The van der Waals surface area contributed by atoms with Crippen molar-refractivity contribution in [2.24, 2.45) is 11.1 Å². The van der Waals surface area contributed by atoms with Crippen LogP contribution >= 0.6 is 0 Å². The van der Waals surface area contributed by atoms with E-state index >= 15 is 0 Å². The van der Waals surface area contributed by atoms with Crippen LogP contribution < -0.4 is 0 Å². The van der Waals surface area contributed by atoms with Crippen molar-refractivity contribution in [3.05, 3.63) is 0 Å². The Kier molecular flexibility index (Phi) is 2.69. The molecule has 16 heavy (non-hydrogen) atoms. The maximum Gasteiger partial charge on any atom is 0.356 e. The molecule has 0 N–H and O–H groups in total. The molecule has 1 aliphatic carbocycles. The first-order chi connectivity index (χ1) is 7.63. The second-order valence-corrected chi connectivity index (χ2v) is 4.18. The van der Waals surface area contributed by atoms with Gasteiger partial charge in [0.25, 0.3) is 0 Å². The maximum atomic E-state index is 11.6. The number of ether oxygens (including phenoxy) is 1. The zero-order chi connectivity index (χ0) is 11.8. The Morgan fingerprint density at radius 3 is 3.00 bits per heavy atom. The highest BCUT2D eigenvalue weighted by Gasteiger charge is 2.56. The van der Waals surface area contributed by atoms with E-state index in [9.17, 15) is 9.59 Å². The molecule has 2 rings (SSSR count). The molecule has 5 nitrogen and oxygen atoms in total. The van der Waals surface area contributed by atoms with E-state index in [1.165, 1.54) is 0 Å². The van der Waals surface area contributed by atoms with E-state index < -0.39 is 11.6 Å². The molecule has 1 aliphatic heterocycles. The molecular formula is C11H15NO4. The topological polar surface area (TPSA) is 65.0 Å². The molecule has 1 saturated carbocycles. The van der Waals surface area contributed by atoms with E-state index in [0.717, 1.165) is 0 Å². The normalized spacial score (nSPS) is 32.0. The van der Waals surface area contributed by atoms with Gasteiger partial charge in [-0.25, -0.2) is 4.79 Å². The molecule has 0 amide bonds. The van der Waals surface area contributed by atoms with Crippen molar-refractivity contribution in [3.8, 4) is 0 Å². The first kappa shape index (κ1) is 11.1. The van der Waals surface area contributed by atoms with E-state index in [1.54, 1.807) is 6.92 Å². The number of hydrogen-bond acceptors (Lipinski definition) is 5. The van der Waals surface area contributed by atoms with Gasteiger partial charge in [0.05, 0.1) is 12.5 Å². The number of rotatable bonds is 3. The zero-order valence-corrected chi connectivity index (χ0v) is 9.49. The SMILES string of the molecule is CCOC(=O)C1=NO[C@]2(CC)CC(=O)C[C@H]12. The Balaban J connectivity index is 2.20. The summed E-state index contributed by atoms with van der Waals surface area (Å²) in [6.45, 7) is 3.98. The van der Waals surface area contributed by atoms with Crippen LogP contribution in [0.3, 0.4) is 0 Å². The molecule has 0 saturated heterocycles.